The summed E-state index contributed by atoms with van der Waals surface area (Å²) in [5.74, 6) is 0.605. The summed E-state index contributed by atoms with van der Waals surface area (Å²) in [6.45, 7) is 1.60. The van der Waals surface area contributed by atoms with Crippen LogP contribution in [0, 0.1) is 11.3 Å². The highest BCUT2D eigenvalue weighted by atomic mass is 16.5. The van der Waals surface area contributed by atoms with Crippen LogP contribution in [0.4, 0.5) is 11.5 Å². The average Bonchev–Trinajstić information content (AvgIpc) is 2.35. The van der Waals surface area contributed by atoms with Crippen LogP contribution in [0.1, 0.15) is 24.8 Å². The lowest BCUT2D eigenvalue weighted by atomic mass is 10.2. The lowest BCUT2D eigenvalue weighted by molar-refractivity contribution is 0.192. The highest BCUT2D eigenvalue weighted by Gasteiger charge is 2.02. The Morgan fingerprint density at radius 3 is 3.00 bits per heavy atom. The van der Waals surface area contributed by atoms with Crippen molar-refractivity contribution in [3.8, 4) is 6.07 Å². The van der Waals surface area contributed by atoms with Gasteiger partial charge in [0.2, 0.25) is 0 Å². The molecule has 0 unspecified atom stereocenters. The Morgan fingerprint density at radius 1 is 1.47 bits per heavy atom. The van der Waals surface area contributed by atoms with Gasteiger partial charge in [0, 0.05) is 20.3 Å². The topological polar surface area (TPSA) is 84.0 Å². The van der Waals surface area contributed by atoms with Crippen LogP contribution in [-0.2, 0) is 4.74 Å². The Bertz CT molecular complexity index is 387. The van der Waals surface area contributed by atoms with Crippen molar-refractivity contribution >= 4 is 11.5 Å². The average molecular weight is 234 g/mol. The summed E-state index contributed by atoms with van der Waals surface area (Å²) in [4.78, 5) is 4.10. The number of ether oxygens (including phenoxy) is 1. The molecule has 0 radical (unpaired) electrons. The lowest BCUT2D eigenvalue weighted by Gasteiger charge is -2.07. The van der Waals surface area contributed by atoms with Crippen molar-refractivity contribution in [3.63, 3.8) is 0 Å². The Hall–Kier alpha value is -1.80. The van der Waals surface area contributed by atoms with E-state index in [0.717, 1.165) is 32.4 Å². The molecule has 1 rings (SSSR count). The molecule has 0 fully saturated rings. The van der Waals surface area contributed by atoms with Crippen molar-refractivity contribution in [1.82, 2.24) is 4.98 Å². The Balaban J connectivity index is 2.34. The SMILES string of the molecule is COCCCCCNc1ncc(N)cc1C#N. The number of hydrogen-bond acceptors (Lipinski definition) is 5. The molecule has 0 bridgehead atoms. The van der Waals surface area contributed by atoms with Crippen LogP contribution in [0.5, 0.6) is 0 Å². The Kier molecular flexibility index (Phi) is 5.83. The molecule has 1 aromatic heterocycles. The molecule has 5 nitrogen and oxygen atoms in total. The molecule has 0 aliphatic rings. The van der Waals surface area contributed by atoms with Crippen LogP contribution in [0.15, 0.2) is 12.3 Å². The fourth-order valence-electron chi connectivity index (χ4n) is 1.46. The van der Waals surface area contributed by atoms with Crippen molar-refractivity contribution in [2.24, 2.45) is 0 Å². The number of nitrogen functional groups attached to an aromatic ring is 1. The number of nitrogens with zero attached hydrogens (tertiary/aromatic N) is 2. The third kappa shape index (κ3) is 4.70. The zero-order valence-corrected chi connectivity index (χ0v) is 10.1. The van der Waals surface area contributed by atoms with Gasteiger partial charge in [0.1, 0.15) is 11.9 Å². The second kappa shape index (κ2) is 7.47. The van der Waals surface area contributed by atoms with Crippen LogP contribution < -0.4 is 11.1 Å². The molecule has 5 heteroatoms. The van der Waals surface area contributed by atoms with Crippen molar-refractivity contribution in [3.05, 3.63) is 17.8 Å². The van der Waals surface area contributed by atoms with E-state index >= 15 is 0 Å². The van der Waals surface area contributed by atoms with Gasteiger partial charge >= 0.3 is 0 Å². The summed E-state index contributed by atoms with van der Waals surface area (Å²) in [7, 11) is 1.70. The van der Waals surface area contributed by atoms with Gasteiger partial charge in [-0.1, -0.05) is 0 Å². The molecule has 0 aliphatic carbocycles. The first kappa shape index (κ1) is 13.3. The second-order valence-electron chi connectivity index (χ2n) is 3.76. The molecule has 1 heterocycles. The van der Waals surface area contributed by atoms with Gasteiger partial charge < -0.3 is 15.8 Å². The standard InChI is InChI=1S/C12H18N4O/c1-17-6-4-2-3-5-15-12-10(8-13)7-11(14)9-16-12/h7,9H,2-6,14H2,1H3,(H,15,16). The summed E-state index contributed by atoms with van der Waals surface area (Å²) >= 11 is 0. The summed E-state index contributed by atoms with van der Waals surface area (Å²) in [6, 6.07) is 3.70. The number of nitriles is 1. The molecular formula is C12H18N4O. The Morgan fingerprint density at radius 2 is 2.29 bits per heavy atom. The van der Waals surface area contributed by atoms with E-state index in [1.165, 1.54) is 0 Å². The minimum absolute atomic E-state index is 0.488. The van der Waals surface area contributed by atoms with Gasteiger partial charge in [0.15, 0.2) is 0 Å². The van der Waals surface area contributed by atoms with E-state index in [1.807, 2.05) is 0 Å². The summed E-state index contributed by atoms with van der Waals surface area (Å²) in [5.41, 5.74) is 6.55. The van der Waals surface area contributed by atoms with Gasteiger partial charge in [0.25, 0.3) is 0 Å². The van der Waals surface area contributed by atoms with Gasteiger partial charge in [-0.05, 0) is 25.3 Å². The molecule has 0 aliphatic heterocycles. The zero-order chi connectivity index (χ0) is 12.5. The van der Waals surface area contributed by atoms with Gasteiger partial charge in [0.05, 0.1) is 17.4 Å². The quantitative estimate of drug-likeness (QED) is 0.702. The van der Waals surface area contributed by atoms with E-state index in [1.54, 1.807) is 19.4 Å². The first-order valence-electron chi connectivity index (χ1n) is 5.66. The molecule has 0 aromatic carbocycles. The predicted octanol–water partition coefficient (Wildman–Crippen LogP) is 1.76. The van der Waals surface area contributed by atoms with E-state index in [2.05, 4.69) is 16.4 Å². The maximum absolute atomic E-state index is 8.91. The molecule has 0 saturated carbocycles. The Labute approximate surface area is 102 Å². The number of pyridine rings is 1. The number of methoxy groups -OCH3 is 1. The van der Waals surface area contributed by atoms with Gasteiger partial charge in [-0.3, -0.25) is 0 Å². The van der Waals surface area contributed by atoms with E-state index in [0.29, 0.717) is 17.1 Å². The molecule has 0 spiro atoms. The monoisotopic (exact) mass is 234 g/mol. The highest BCUT2D eigenvalue weighted by molar-refractivity contribution is 5.57. The predicted molar refractivity (Wildman–Crippen MR) is 67.6 cm³/mol. The second-order valence-corrected chi connectivity index (χ2v) is 3.76. The van der Waals surface area contributed by atoms with E-state index in [9.17, 15) is 0 Å². The number of nitrogens with two attached hydrogens (primary N) is 1. The molecule has 1 aromatic rings. The molecule has 0 saturated heterocycles. The van der Waals surface area contributed by atoms with Crippen molar-refractivity contribution in [2.45, 2.75) is 19.3 Å². The summed E-state index contributed by atoms with van der Waals surface area (Å²) in [5, 5.41) is 12.1. The van der Waals surface area contributed by atoms with Crippen molar-refractivity contribution in [2.75, 3.05) is 31.3 Å². The molecule has 92 valence electrons. The van der Waals surface area contributed by atoms with Gasteiger partial charge in [-0.2, -0.15) is 5.26 Å². The number of hydrogen-bond donors (Lipinski definition) is 2. The number of rotatable bonds is 7. The van der Waals surface area contributed by atoms with E-state index in [4.69, 9.17) is 15.7 Å². The van der Waals surface area contributed by atoms with Crippen molar-refractivity contribution < 1.29 is 4.74 Å². The highest BCUT2D eigenvalue weighted by Crippen LogP contribution is 2.14. The van der Waals surface area contributed by atoms with Gasteiger partial charge in [-0.25, -0.2) is 4.98 Å². The fourth-order valence-corrected chi connectivity index (χ4v) is 1.46. The van der Waals surface area contributed by atoms with Crippen LogP contribution >= 0.6 is 0 Å². The number of unbranched alkanes of at least 4 members (excludes halogenated alkanes) is 2. The molecular weight excluding hydrogens is 216 g/mol. The molecule has 0 amide bonds. The molecule has 17 heavy (non-hydrogen) atoms. The molecule has 3 N–H and O–H groups in total. The largest absolute Gasteiger partial charge is 0.397 e. The van der Waals surface area contributed by atoms with Crippen LogP contribution in [-0.4, -0.2) is 25.2 Å². The minimum atomic E-state index is 0.488. The summed E-state index contributed by atoms with van der Waals surface area (Å²) < 4.78 is 4.97. The van der Waals surface area contributed by atoms with E-state index in [-0.39, 0.29) is 0 Å². The maximum Gasteiger partial charge on any atom is 0.144 e. The maximum atomic E-state index is 8.91. The fraction of sp³-hybridized carbons (Fsp3) is 0.500. The third-order valence-corrected chi connectivity index (χ3v) is 2.35. The van der Waals surface area contributed by atoms with E-state index < -0.39 is 0 Å². The summed E-state index contributed by atoms with van der Waals surface area (Å²) in [6.07, 6.45) is 4.73. The zero-order valence-electron chi connectivity index (χ0n) is 10.1. The molecule has 0 atom stereocenters. The normalized spacial score (nSPS) is 9.88. The number of nitrogens with one attached hydrogen (secondary N) is 1. The smallest absolute Gasteiger partial charge is 0.144 e. The van der Waals surface area contributed by atoms with Crippen molar-refractivity contribution in [1.29, 1.82) is 5.26 Å². The van der Waals surface area contributed by atoms with Crippen LogP contribution in [0.25, 0.3) is 0 Å². The van der Waals surface area contributed by atoms with Gasteiger partial charge in [-0.15, -0.1) is 0 Å². The van der Waals surface area contributed by atoms with Crippen LogP contribution in [0.2, 0.25) is 0 Å². The first-order valence-corrected chi connectivity index (χ1v) is 5.66. The van der Waals surface area contributed by atoms with Crippen LogP contribution in [0.3, 0.4) is 0 Å². The third-order valence-electron chi connectivity index (χ3n) is 2.35. The number of aromatic nitrogens is 1. The first-order chi connectivity index (χ1) is 8.27. The minimum Gasteiger partial charge on any atom is -0.397 e. The number of anilines is 2. The lowest BCUT2D eigenvalue weighted by Crippen LogP contribution is -2.06.